The summed E-state index contributed by atoms with van der Waals surface area (Å²) in [6, 6.07) is 5.00. The predicted molar refractivity (Wildman–Crippen MR) is 72.1 cm³/mol. The van der Waals surface area contributed by atoms with Gasteiger partial charge in [0.05, 0.1) is 13.5 Å². The van der Waals surface area contributed by atoms with Gasteiger partial charge in [0, 0.05) is 29.3 Å². The first kappa shape index (κ1) is 14.5. The zero-order valence-corrected chi connectivity index (χ0v) is 11.9. The molecule has 1 aromatic carbocycles. The largest absolute Gasteiger partial charge is 0.469 e. The van der Waals surface area contributed by atoms with Crippen LogP contribution in [-0.4, -0.2) is 37.5 Å². The van der Waals surface area contributed by atoms with Gasteiger partial charge >= 0.3 is 5.97 Å². The molecule has 0 aromatic heterocycles. The van der Waals surface area contributed by atoms with Gasteiger partial charge < -0.3 is 15.4 Å². The van der Waals surface area contributed by atoms with E-state index in [4.69, 9.17) is 5.73 Å². The molecule has 1 rings (SSSR count). The molecule has 0 radical (unpaired) electrons. The molecule has 6 heteroatoms. The molecular formula is C12H15BrN2O3. The molecule has 5 nitrogen and oxygen atoms in total. The highest BCUT2D eigenvalue weighted by Gasteiger charge is 2.14. The number of esters is 1. The summed E-state index contributed by atoms with van der Waals surface area (Å²) in [4.78, 5) is 24.5. The number of nitrogen functional groups attached to an aromatic ring is 1. The van der Waals surface area contributed by atoms with Crippen molar-refractivity contribution < 1.29 is 14.3 Å². The van der Waals surface area contributed by atoms with E-state index in [1.807, 2.05) is 0 Å². The van der Waals surface area contributed by atoms with E-state index in [1.54, 1.807) is 25.2 Å². The first-order valence-corrected chi connectivity index (χ1v) is 6.11. The lowest BCUT2D eigenvalue weighted by molar-refractivity contribution is -0.140. The Hall–Kier alpha value is -1.56. The quantitative estimate of drug-likeness (QED) is 0.677. The van der Waals surface area contributed by atoms with E-state index < -0.39 is 0 Å². The predicted octanol–water partition coefficient (Wildman–Crippen LogP) is 1.67. The molecule has 1 amide bonds. The van der Waals surface area contributed by atoms with Crippen molar-refractivity contribution in [2.75, 3.05) is 26.4 Å². The van der Waals surface area contributed by atoms with E-state index in [0.717, 1.165) is 4.47 Å². The summed E-state index contributed by atoms with van der Waals surface area (Å²) in [5, 5.41) is 0. The Bertz CT molecular complexity index is 442. The zero-order valence-electron chi connectivity index (χ0n) is 10.3. The van der Waals surface area contributed by atoms with Gasteiger partial charge in [0.25, 0.3) is 5.91 Å². The van der Waals surface area contributed by atoms with Crippen molar-refractivity contribution in [2.45, 2.75) is 6.42 Å². The smallest absolute Gasteiger partial charge is 0.307 e. The van der Waals surface area contributed by atoms with Crippen molar-refractivity contribution in [3.05, 3.63) is 28.2 Å². The van der Waals surface area contributed by atoms with E-state index in [0.29, 0.717) is 17.8 Å². The molecule has 0 aliphatic rings. The highest BCUT2D eigenvalue weighted by atomic mass is 79.9. The maximum Gasteiger partial charge on any atom is 0.307 e. The summed E-state index contributed by atoms with van der Waals surface area (Å²) in [5.41, 5.74) is 6.66. The first-order valence-electron chi connectivity index (χ1n) is 5.32. The van der Waals surface area contributed by atoms with Gasteiger partial charge in [-0.1, -0.05) is 15.9 Å². The highest BCUT2D eigenvalue weighted by Crippen LogP contribution is 2.18. The van der Waals surface area contributed by atoms with Crippen LogP contribution in [-0.2, 0) is 9.53 Å². The summed E-state index contributed by atoms with van der Waals surface area (Å²) in [5.74, 6) is -0.532. The Labute approximate surface area is 114 Å². The maximum absolute atomic E-state index is 12.0. The van der Waals surface area contributed by atoms with Crippen LogP contribution in [0.1, 0.15) is 16.8 Å². The minimum Gasteiger partial charge on any atom is -0.469 e. The molecule has 0 saturated carbocycles. The van der Waals surface area contributed by atoms with E-state index in [1.165, 1.54) is 12.0 Å². The Morgan fingerprint density at radius 3 is 2.61 bits per heavy atom. The van der Waals surface area contributed by atoms with Gasteiger partial charge in [-0.15, -0.1) is 0 Å². The molecule has 0 aliphatic heterocycles. The Kier molecular flexibility index (Phi) is 5.15. The number of amides is 1. The molecule has 0 spiro atoms. The second kappa shape index (κ2) is 6.39. The van der Waals surface area contributed by atoms with Crippen molar-refractivity contribution in [3.8, 4) is 0 Å². The molecule has 0 fully saturated rings. The van der Waals surface area contributed by atoms with E-state index in [9.17, 15) is 9.59 Å². The molecule has 18 heavy (non-hydrogen) atoms. The van der Waals surface area contributed by atoms with Crippen LogP contribution in [0, 0.1) is 0 Å². The van der Waals surface area contributed by atoms with Crippen LogP contribution in [0.4, 0.5) is 5.69 Å². The number of carbonyl (C=O) groups is 2. The number of hydrogen-bond acceptors (Lipinski definition) is 4. The van der Waals surface area contributed by atoms with Crippen molar-refractivity contribution >= 4 is 33.5 Å². The van der Waals surface area contributed by atoms with Gasteiger partial charge in [-0.2, -0.15) is 0 Å². The molecule has 0 unspecified atom stereocenters. The molecule has 2 N–H and O–H groups in total. The number of rotatable bonds is 4. The van der Waals surface area contributed by atoms with E-state index >= 15 is 0 Å². The lowest BCUT2D eigenvalue weighted by Crippen LogP contribution is -2.29. The fourth-order valence-corrected chi connectivity index (χ4v) is 1.93. The molecular weight excluding hydrogens is 300 g/mol. The Morgan fingerprint density at radius 2 is 2.06 bits per heavy atom. The van der Waals surface area contributed by atoms with Gasteiger partial charge in [0.1, 0.15) is 0 Å². The van der Waals surface area contributed by atoms with E-state index in [-0.39, 0.29) is 18.3 Å². The van der Waals surface area contributed by atoms with Gasteiger partial charge in [-0.3, -0.25) is 9.59 Å². The lowest BCUT2D eigenvalue weighted by Gasteiger charge is -2.16. The minimum absolute atomic E-state index is 0.169. The topological polar surface area (TPSA) is 72.6 Å². The van der Waals surface area contributed by atoms with Crippen molar-refractivity contribution in [1.29, 1.82) is 0 Å². The zero-order chi connectivity index (χ0) is 13.7. The normalized spacial score (nSPS) is 9.94. The second-order valence-corrected chi connectivity index (χ2v) is 4.74. The van der Waals surface area contributed by atoms with Crippen LogP contribution in [0.3, 0.4) is 0 Å². The second-order valence-electron chi connectivity index (χ2n) is 3.83. The molecule has 0 saturated heterocycles. The molecule has 0 heterocycles. The molecule has 98 valence electrons. The molecule has 0 bridgehead atoms. The number of methoxy groups -OCH3 is 1. The number of nitrogens with two attached hydrogens (primary N) is 1. The van der Waals surface area contributed by atoms with Gasteiger partial charge in [0.2, 0.25) is 0 Å². The average Bonchev–Trinajstić information content (AvgIpc) is 2.33. The van der Waals surface area contributed by atoms with Crippen LogP contribution < -0.4 is 5.73 Å². The number of halogens is 1. The monoisotopic (exact) mass is 314 g/mol. The number of anilines is 1. The molecule has 1 aromatic rings. The Morgan fingerprint density at radius 1 is 1.39 bits per heavy atom. The highest BCUT2D eigenvalue weighted by molar-refractivity contribution is 9.10. The average molecular weight is 315 g/mol. The van der Waals surface area contributed by atoms with Crippen LogP contribution in [0.15, 0.2) is 22.7 Å². The number of nitrogens with zero attached hydrogens (tertiary/aromatic N) is 1. The number of hydrogen-bond donors (Lipinski definition) is 1. The van der Waals surface area contributed by atoms with Gasteiger partial charge in [0.15, 0.2) is 0 Å². The van der Waals surface area contributed by atoms with Crippen molar-refractivity contribution in [2.24, 2.45) is 0 Å². The number of carbonyl (C=O) groups excluding carboxylic acids is 2. The van der Waals surface area contributed by atoms with Gasteiger partial charge in [-0.05, 0) is 18.2 Å². The number of benzene rings is 1. The Balaban J connectivity index is 2.71. The third kappa shape index (κ3) is 4.03. The van der Waals surface area contributed by atoms with E-state index in [2.05, 4.69) is 20.7 Å². The standard InChI is InChI=1S/C12H15BrN2O3/c1-15(4-3-11(16)18-2)12(17)8-5-9(13)7-10(14)6-8/h5-7H,3-4,14H2,1-2H3. The third-order valence-electron chi connectivity index (χ3n) is 2.39. The van der Waals surface area contributed by atoms with Crippen LogP contribution in [0.25, 0.3) is 0 Å². The fraction of sp³-hybridized carbons (Fsp3) is 0.333. The lowest BCUT2D eigenvalue weighted by atomic mass is 10.2. The van der Waals surface area contributed by atoms with Crippen molar-refractivity contribution in [1.82, 2.24) is 4.90 Å². The van der Waals surface area contributed by atoms with Crippen LogP contribution >= 0.6 is 15.9 Å². The summed E-state index contributed by atoms with van der Waals surface area (Å²) in [7, 11) is 2.95. The van der Waals surface area contributed by atoms with Crippen LogP contribution in [0.2, 0.25) is 0 Å². The number of ether oxygens (including phenoxy) is 1. The summed E-state index contributed by atoms with van der Waals surface area (Å²) in [6.07, 6.45) is 0.169. The first-order chi connectivity index (χ1) is 8.43. The van der Waals surface area contributed by atoms with Gasteiger partial charge in [-0.25, -0.2) is 0 Å². The fourth-order valence-electron chi connectivity index (χ4n) is 1.42. The van der Waals surface area contributed by atoms with Crippen molar-refractivity contribution in [3.63, 3.8) is 0 Å². The molecule has 0 aliphatic carbocycles. The van der Waals surface area contributed by atoms with Crippen LogP contribution in [0.5, 0.6) is 0 Å². The summed E-state index contributed by atoms with van der Waals surface area (Å²) >= 11 is 3.28. The third-order valence-corrected chi connectivity index (χ3v) is 2.85. The summed E-state index contributed by atoms with van der Waals surface area (Å²) in [6.45, 7) is 0.303. The maximum atomic E-state index is 12.0. The minimum atomic E-state index is -0.344. The summed E-state index contributed by atoms with van der Waals surface area (Å²) < 4.78 is 5.26. The molecule has 0 atom stereocenters. The SMILES string of the molecule is COC(=O)CCN(C)C(=O)c1cc(N)cc(Br)c1.